The molecule has 1 aliphatic heterocycles. The Labute approximate surface area is 95.6 Å². The molecule has 90 valence electrons. The standard InChI is InChI=1S/C11H19N3O2/c1-7-8(5-6-12-7)9-13-10(14-16-9)11(2,3)15-4/h7-8,12H,5-6H2,1-4H3. The average Bonchev–Trinajstić information content (AvgIpc) is 2.85. The van der Waals surface area contributed by atoms with Crippen molar-refractivity contribution in [1.82, 2.24) is 15.5 Å². The number of rotatable bonds is 3. The van der Waals surface area contributed by atoms with Gasteiger partial charge in [0.05, 0.1) is 5.92 Å². The van der Waals surface area contributed by atoms with Crippen molar-refractivity contribution in [3.05, 3.63) is 11.7 Å². The van der Waals surface area contributed by atoms with E-state index in [1.165, 1.54) is 0 Å². The lowest BCUT2D eigenvalue weighted by Crippen LogP contribution is -2.23. The first-order chi connectivity index (χ1) is 7.54. The predicted octanol–water partition coefficient (Wildman–Crippen LogP) is 1.42. The van der Waals surface area contributed by atoms with Gasteiger partial charge in [-0.3, -0.25) is 0 Å². The van der Waals surface area contributed by atoms with Crippen molar-refractivity contribution in [2.75, 3.05) is 13.7 Å². The van der Waals surface area contributed by atoms with Gasteiger partial charge in [0.1, 0.15) is 5.60 Å². The molecule has 1 N–H and O–H groups in total. The topological polar surface area (TPSA) is 60.2 Å². The van der Waals surface area contributed by atoms with E-state index in [0.29, 0.717) is 17.8 Å². The molecular formula is C11H19N3O2. The monoisotopic (exact) mass is 225 g/mol. The number of nitrogens with zero attached hydrogens (tertiary/aromatic N) is 2. The van der Waals surface area contributed by atoms with Gasteiger partial charge in [0.2, 0.25) is 11.7 Å². The molecule has 0 amide bonds. The number of hydrogen-bond acceptors (Lipinski definition) is 5. The predicted molar refractivity (Wildman–Crippen MR) is 59.2 cm³/mol. The average molecular weight is 225 g/mol. The van der Waals surface area contributed by atoms with Crippen LogP contribution in [0.2, 0.25) is 0 Å². The van der Waals surface area contributed by atoms with E-state index in [9.17, 15) is 0 Å². The molecule has 5 heteroatoms. The Kier molecular flexibility index (Phi) is 2.99. The van der Waals surface area contributed by atoms with Crippen LogP contribution in [0.1, 0.15) is 44.8 Å². The van der Waals surface area contributed by atoms with Crippen LogP contribution in [-0.2, 0) is 10.3 Å². The van der Waals surface area contributed by atoms with Gasteiger partial charge in [-0.05, 0) is 33.7 Å². The third-order valence-electron chi connectivity index (χ3n) is 3.33. The van der Waals surface area contributed by atoms with Gasteiger partial charge in [-0.15, -0.1) is 0 Å². The molecule has 0 bridgehead atoms. The molecule has 1 aromatic heterocycles. The Morgan fingerprint density at radius 2 is 2.25 bits per heavy atom. The molecule has 0 saturated carbocycles. The van der Waals surface area contributed by atoms with E-state index >= 15 is 0 Å². The van der Waals surface area contributed by atoms with E-state index in [4.69, 9.17) is 9.26 Å². The number of methoxy groups -OCH3 is 1. The minimum absolute atomic E-state index is 0.328. The lowest BCUT2D eigenvalue weighted by Gasteiger charge is -2.17. The Bertz CT molecular complexity index is 362. The van der Waals surface area contributed by atoms with Crippen LogP contribution in [0.4, 0.5) is 0 Å². The van der Waals surface area contributed by atoms with Crippen LogP contribution >= 0.6 is 0 Å². The summed E-state index contributed by atoms with van der Waals surface area (Å²) in [5, 5.41) is 7.37. The summed E-state index contributed by atoms with van der Waals surface area (Å²) in [6.45, 7) is 7.01. The molecule has 0 aliphatic carbocycles. The highest BCUT2D eigenvalue weighted by atomic mass is 16.5. The van der Waals surface area contributed by atoms with Crippen LogP contribution in [0.3, 0.4) is 0 Å². The summed E-state index contributed by atoms with van der Waals surface area (Å²) in [5.41, 5.74) is -0.489. The van der Waals surface area contributed by atoms with Crippen molar-refractivity contribution in [2.24, 2.45) is 0 Å². The maximum absolute atomic E-state index is 5.33. The van der Waals surface area contributed by atoms with E-state index in [1.54, 1.807) is 7.11 Å². The van der Waals surface area contributed by atoms with E-state index in [-0.39, 0.29) is 0 Å². The zero-order chi connectivity index (χ0) is 11.8. The highest BCUT2D eigenvalue weighted by Gasteiger charge is 2.32. The van der Waals surface area contributed by atoms with E-state index < -0.39 is 5.60 Å². The summed E-state index contributed by atoms with van der Waals surface area (Å²) in [4.78, 5) is 4.44. The van der Waals surface area contributed by atoms with E-state index in [2.05, 4.69) is 22.4 Å². The maximum Gasteiger partial charge on any atom is 0.231 e. The highest BCUT2D eigenvalue weighted by molar-refractivity contribution is 5.05. The summed E-state index contributed by atoms with van der Waals surface area (Å²) < 4.78 is 10.7. The van der Waals surface area contributed by atoms with Gasteiger partial charge >= 0.3 is 0 Å². The van der Waals surface area contributed by atoms with Crippen LogP contribution in [0.5, 0.6) is 0 Å². The SMILES string of the molecule is COC(C)(C)c1noc(C2CCNC2C)n1. The quantitative estimate of drug-likeness (QED) is 0.843. The molecule has 5 nitrogen and oxygen atoms in total. The molecular weight excluding hydrogens is 206 g/mol. The number of ether oxygens (including phenoxy) is 1. The molecule has 2 atom stereocenters. The van der Waals surface area contributed by atoms with Gasteiger partial charge in [0.15, 0.2) is 0 Å². The minimum Gasteiger partial charge on any atom is -0.371 e. The molecule has 2 heterocycles. The molecule has 0 spiro atoms. The van der Waals surface area contributed by atoms with Gasteiger partial charge in [0.25, 0.3) is 0 Å². The van der Waals surface area contributed by atoms with Crippen LogP contribution in [-0.4, -0.2) is 29.8 Å². The first kappa shape index (κ1) is 11.5. The smallest absolute Gasteiger partial charge is 0.231 e. The second kappa shape index (κ2) is 4.14. The normalized spacial score (nSPS) is 26.2. The summed E-state index contributed by atoms with van der Waals surface area (Å²) in [6, 6.07) is 0.402. The third kappa shape index (κ3) is 1.97. The zero-order valence-corrected chi connectivity index (χ0v) is 10.3. The van der Waals surface area contributed by atoms with Crippen molar-refractivity contribution in [2.45, 2.75) is 44.8 Å². The fraction of sp³-hybridized carbons (Fsp3) is 0.818. The van der Waals surface area contributed by atoms with Crippen LogP contribution in [0, 0.1) is 0 Å². The largest absolute Gasteiger partial charge is 0.371 e. The van der Waals surface area contributed by atoms with E-state index in [0.717, 1.165) is 18.9 Å². The molecule has 1 fully saturated rings. The molecule has 2 unspecified atom stereocenters. The summed E-state index contributed by atoms with van der Waals surface area (Å²) in [6.07, 6.45) is 1.05. The van der Waals surface area contributed by atoms with Gasteiger partial charge in [-0.2, -0.15) is 4.98 Å². The number of nitrogens with one attached hydrogen (secondary N) is 1. The second-order valence-electron chi connectivity index (χ2n) is 4.81. The summed E-state index contributed by atoms with van der Waals surface area (Å²) in [5.74, 6) is 1.66. The van der Waals surface area contributed by atoms with Crippen molar-refractivity contribution in [3.8, 4) is 0 Å². The molecule has 0 aromatic carbocycles. The lowest BCUT2D eigenvalue weighted by atomic mass is 10.0. The molecule has 16 heavy (non-hydrogen) atoms. The Hall–Kier alpha value is -0.940. The van der Waals surface area contributed by atoms with Gasteiger partial charge < -0.3 is 14.6 Å². The molecule has 0 radical (unpaired) electrons. The molecule has 1 aliphatic rings. The number of aromatic nitrogens is 2. The lowest BCUT2D eigenvalue weighted by molar-refractivity contribution is 0.00973. The molecule has 1 saturated heterocycles. The third-order valence-corrected chi connectivity index (χ3v) is 3.33. The highest BCUT2D eigenvalue weighted by Crippen LogP contribution is 2.28. The summed E-state index contributed by atoms with van der Waals surface area (Å²) >= 11 is 0. The zero-order valence-electron chi connectivity index (χ0n) is 10.3. The van der Waals surface area contributed by atoms with E-state index in [1.807, 2.05) is 13.8 Å². The van der Waals surface area contributed by atoms with Gasteiger partial charge in [-0.1, -0.05) is 5.16 Å². The van der Waals surface area contributed by atoms with Crippen molar-refractivity contribution in [3.63, 3.8) is 0 Å². The Morgan fingerprint density at radius 1 is 1.50 bits per heavy atom. The Morgan fingerprint density at radius 3 is 2.81 bits per heavy atom. The second-order valence-corrected chi connectivity index (χ2v) is 4.81. The number of hydrogen-bond donors (Lipinski definition) is 1. The first-order valence-electron chi connectivity index (χ1n) is 5.67. The van der Waals surface area contributed by atoms with Crippen molar-refractivity contribution in [1.29, 1.82) is 0 Å². The minimum atomic E-state index is -0.489. The van der Waals surface area contributed by atoms with Crippen LogP contribution in [0.25, 0.3) is 0 Å². The Balaban J connectivity index is 2.19. The van der Waals surface area contributed by atoms with Crippen LogP contribution in [0.15, 0.2) is 4.52 Å². The summed E-state index contributed by atoms with van der Waals surface area (Å²) in [7, 11) is 1.65. The van der Waals surface area contributed by atoms with Crippen molar-refractivity contribution >= 4 is 0 Å². The van der Waals surface area contributed by atoms with Gasteiger partial charge in [0, 0.05) is 13.2 Å². The maximum atomic E-state index is 5.33. The van der Waals surface area contributed by atoms with Gasteiger partial charge in [-0.25, -0.2) is 0 Å². The first-order valence-corrected chi connectivity index (χ1v) is 5.67. The van der Waals surface area contributed by atoms with Crippen LogP contribution < -0.4 is 5.32 Å². The fourth-order valence-electron chi connectivity index (χ4n) is 1.92. The fourth-order valence-corrected chi connectivity index (χ4v) is 1.92. The van der Waals surface area contributed by atoms with Crippen molar-refractivity contribution < 1.29 is 9.26 Å². The molecule has 1 aromatic rings. The molecule has 2 rings (SSSR count).